The van der Waals surface area contributed by atoms with Crippen LogP contribution in [0.2, 0.25) is 5.02 Å². The molecular formula is C16H16BrClN2O. The van der Waals surface area contributed by atoms with Crippen molar-refractivity contribution in [1.29, 1.82) is 0 Å². The highest BCUT2D eigenvalue weighted by atomic mass is 79.9. The van der Waals surface area contributed by atoms with E-state index in [4.69, 9.17) is 16.3 Å². The van der Waals surface area contributed by atoms with E-state index in [-0.39, 0.29) is 0 Å². The predicted octanol–water partition coefficient (Wildman–Crippen LogP) is 4.33. The lowest BCUT2D eigenvalue weighted by Gasteiger charge is -2.09. The molecule has 0 radical (unpaired) electrons. The number of hydrogen-bond acceptors (Lipinski definition) is 3. The second-order valence-corrected chi connectivity index (χ2v) is 6.46. The van der Waals surface area contributed by atoms with Crippen molar-refractivity contribution in [3.63, 3.8) is 0 Å². The number of pyridine rings is 1. The van der Waals surface area contributed by atoms with Crippen LogP contribution in [0.15, 0.2) is 40.9 Å². The third-order valence-electron chi connectivity index (χ3n) is 3.28. The number of ether oxygens (including phenoxy) is 1. The van der Waals surface area contributed by atoms with E-state index in [0.717, 1.165) is 22.4 Å². The van der Waals surface area contributed by atoms with Crippen LogP contribution in [-0.2, 0) is 13.2 Å². The first kappa shape index (κ1) is 14.8. The van der Waals surface area contributed by atoms with Gasteiger partial charge in [-0.3, -0.25) is 4.98 Å². The number of nitrogens with zero attached hydrogens (tertiary/aromatic N) is 1. The topological polar surface area (TPSA) is 34.1 Å². The normalized spacial score (nSPS) is 14.2. The molecule has 1 aromatic carbocycles. The third kappa shape index (κ3) is 4.43. The van der Waals surface area contributed by atoms with E-state index >= 15 is 0 Å². The molecule has 3 nitrogen and oxygen atoms in total. The van der Waals surface area contributed by atoms with Gasteiger partial charge in [-0.1, -0.05) is 33.6 Å². The van der Waals surface area contributed by atoms with Crippen LogP contribution < -0.4 is 10.1 Å². The first-order chi connectivity index (χ1) is 10.2. The van der Waals surface area contributed by atoms with Crippen LogP contribution in [-0.4, -0.2) is 11.0 Å². The molecule has 1 aliphatic carbocycles. The standard InChI is InChI=1S/C16H16BrClN2O/c17-11-4-7-15(18)16(8-11)21-10-14-3-1-2-13(20-14)9-19-12-5-6-12/h1-4,7-8,12,19H,5-6,9-10H2. The average Bonchev–Trinajstić information content (AvgIpc) is 3.31. The zero-order valence-corrected chi connectivity index (χ0v) is 13.8. The summed E-state index contributed by atoms with van der Waals surface area (Å²) in [5.41, 5.74) is 1.95. The molecule has 0 amide bonds. The van der Waals surface area contributed by atoms with Crippen LogP contribution in [0.1, 0.15) is 24.2 Å². The molecule has 1 N–H and O–H groups in total. The summed E-state index contributed by atoms with van der Waals surface area (Å²) < 4.78 is 6.69. The Morgan fingerprint density at radius 2 is 2.05 bits per heavy atom. The number of halogens is 2. The van der Waals surface area contributed by atoms with E-state index in [9.17, 15) is 0 Å². The van der Waals surface area contributed by atoms with Gasteiger partial charge in [-0.15, -0.1) is 0 Å². The Kier molecular flexibility index (Phi) is 4.78. The van der Waals surface area contributed by atoms with Crippen molar-refractivity contribution in [3.8, 4) is 5.75 Å². The first-order valence-electron chi connectivity index (χ1n) is 6.97. The second kappa shape index (κ2) is 6.77. The summed E-state index contributed by atoms with van der Waals surface area (Å²) in [4.78, 5) is 4.60. The van der Waals surface area contributed by atoms with Gasteiger partial charge in [0.05, 0.1) is 16.4 Å². The van der Waals surface area contributed by atoms with E-state index in [1.165, 1.54) is 12.8 Å². The molecule has 0 aliphatic heterocycles. The zero-order chi connectivity index (χ0) is 14.7. The summed E-state index contributed by atoms with van der Waals surface area (Å²) in [7, 11) is 0. The number of nitrogens with one attached hydrogen (secondary N) is 1. The van der Waals surface area contributed by atoms with Gasteiger partial charge in [0, 0.05) is 17.1 Å². The van der Waals surface area contributed by atoms with Crippen LogP contribution in [0.4, 0.5) is 0 Å². The molecule has 1 saturated carbocycles. The lowest BCUT2D eigenvalue weighted by molar-refractivity contribution is 0.301. The molecule has 1 heterocycles. The Labute approximate surface area is 137 Å². The Hall–Kier alpha value is -1.10. The molecule has 5 heteroatoms. The molecule has 0 unspecified atom stereocenters. The van der Waals surface area contributed by atoms with Crippen molar-refractivity contribution in [2.45, 2.75) is 32.0 Å². The molecule has 2 aromatic rings. The molecule has 0 atom stereocenters. The number of aromatic nitrogens is 1. The van der Waals surface area contributed by atoms with Gasteiger partial charge in [0.25, 0.3) is 0 Å². The lowest BCUT2D eigenvalue weighted by atomic mass is 10.3. The molecule has 1 aromatic heterocycles. The molecule has 21 heavy (non-hydrogen) atoms. The summed E-state index contributed by atoms with van der Waals surface area (Å²) in [5.74, 6) is 0.661. The Morgan fingerprint density at radius 1 is 1.24 bits per heavy atom. The van der Waals surface area contributed by atoms with E-state index in [1.807, 2.05) is 36.4 Å². The van der Waals surface area contributed by atoms with Crippen molar-refractivity contribution < 1.29 is 4.74 Å². The van der Waals surface area contributed by atoms with Gasteiger partial charge in [0.2, 0.25) is 0 Å². The minimum atomic E-state index is 0.410. The summed E-state index contributed by atoms with van der Waals surface area (Å²) in [6.07, 6.45) is 2.56. The first-order valence-corrected chi connectivity index (χ1v) is 8.14. The molecule has 3 rings (SSSR count). The molecule has 1 aliphatic rings. The van der Waals surface area contributed by atoms with E-state index < -0.39 is 0 Å². The fraction of sp³-hybridized carbons (Fsp3) is 0.312. The largest absolute Gasteiger partial charge is 0.486 e. The second-order valence-electron chi connectivity index (χ2n) is 5.14. The van der Waals surface area contributed by atoms with Crippen molar-refractivity contribution in [2.75, 3.05) is 0 Å². The molecule has 0 spiro atoms. The molecular weight excluding hydrogens is 352 g/mol. The summed E-state index contributed by atoms with van der Waals surface area (Å²) in [5, 5.41) is 4.06. The van der Waals surface area contributed by atoms with Crippen LogP contribution >= 0.6 is 27.5 Å². The maximum atomic E-state index is 6.11. The lowest BCUT2D eigenvalue weighted by Crippen LogP contribution is -2.16. The summed E-state index contributed by atoms with van der Waals surface area (Å²) in [6.45, 7) is 1.23. The molecule has 1 fully saturated rings. The highest BCUT2D eigenvalue weighted by Gasteiger charge is 2.20. The van der Waals surface area contributed by atoms with Crippen LogP contribution in [0, 0.1) is 0 Å². The van der Waals surface area contributed by atoms with Crippen molar-refractivity contribution in [3.05, 3.63) is 57.3 Å². The molecule has 0 saturated heterocycles. The molecule has 0 bridgehead atoms. The van der Waals surface area contributed by atoms with Gasteiger partial charge < -0.3 is 10.1 Å². The van der Waals surface area contributed by atoms with Gasteiger partial charge in [-0.25, -0.2) is 0 Å². The summed E-state index contributed by atoms with van der Waals surface area (Å²) >= 11 is 9.52. The SMILES string of the molecule is Clc1ccc(Br)cc1OCc1cccc(CNC2CC2)n1. The quantitative estimate of drug-likeness (QED) is 0.825. The smallest absolute Gasteiger partial charge is 0.139 e. The van der Waals surface area contributed by atoms with Gasteiger partial charge in [0.15, 0.2) is 0 Å². The zero-order valence-electron chi connectivity index (χ0n) is 11.5. The van der Waals surface area contributed by atoms with Gasteiger partial charge in [0.1, 0.15) is 12.4 Å². The number of hydrogen-bond donors (Lipinski definition) is 1. The fourth-order valence-electron chi connectivity index (χ4n) is 1.98. The minimum absolute atomic E-state index is 0.410. The molecule has 110 valence electrons. The third-order valence-corrected chi connectivity index (χ3v) is 4.09. The number of rotatable bonds is 6. The maximum Gasteiger partial charge on any atom is 0.139 e. The van der Waals surface area contributed by atoms with Gasteiger partial charge in [-0.2, -0.15) is 0 Å². The maximum absolute atomic E-state index is 6.11. The van der Waals surface area contributed by atoms with Gasteiger partial charge in [-0.05, 0) is 43.2 Å². The van der Waals surface area contributed by atoms with E-state index in [1.54, 1.807) is 0 Å². The summed E-state index contributed by atoms with van der Waals surface area (Å²) in [6, 6.07) is 12.3. The van der Waals surface area contributed by atoms with Gasteiger partial charge >= 0.3 is 0 Å². The van der Waals surface area contributed by atoms with Crippen molar-refractivity contribution in [2.24, 2.45) is 0 Å². The number of benzene rings is 1. The fourth-order valence-corrected chi connectivity index (χ4v) is 2.50. The average molecular weight is 368 g/mol. The highest BCUT2D eigenvalue weighted by molar-refractivity contribution is 9.10. The van der Waals surface area contributed by atoms with Crippen molar-refractivity contribution in [1.82, 2.24) is 10.3 Å². The van der Waals surface area contributed by atoms with Crippen molar-refractivity contribution >= 4 is 27.5 Å². The van der Waals surface area contributed by atoms with E-state index in [0.29, 0.717) is 23.4 Å². The van der Waals surface area contributed by atoms with E-state index in [2.05, 4.69) is 26.2 Å². The highest BCUT2D eigenvalue weighted by Crippen LogP contribution is 2.28. The monoisotopic (exact) mass is 366 g/mol. The van der Waals surface area contributed by atoms with Crippen LogP contribution in [0.3, 0.4) is 0 Å². The van der Waals surface area contributed by atoms with Crippen LogP contribution in [0.5, 0.6) is 5.75 Å². The Balaban J connectivity index is 1.61. The Bertz CT molecular complexity index is 631. The minimum Gasteiger partial charge on any atom is -0.486 e. The Morgan fingerprint density at radius 3 is 2.86 bits per heavy atom. The predicted molar refractivity (Wildman–Crippen MR) is 87.6 cm³/mol. The van der Waals surface area contributed by atoms with Crippen LogP contribution in [0.25, 0.3) is 0 Å².